The van der Waals surface area contributed by atoms with Crippen molar-refractivity contribution >= 4 is 17.3 Å². The maximum atomic E-state index is 12.2. The number of hydrazone groups is 1. The molecule has 0 aliphatic carbocycles. The molecule has 0 aromatic heterocycles. The van der Waals surface area contributed by atoms with Gasteiger partial charge in [0.1, 0.15) is 0 Å². The summed E-state index contributed by atoms with van der Waals surface area (Å²) in [6.07, 6.45) is 0.0832. The van der Waals surface area contributed by atoms with Gasteiger partial charge in [-0.15, -0.1) is 0 Å². The third kappa shape index (κ3) is 4.97. The average Bonchev–Trinajstić information content (AvgIpc) is 2.71. The number of hydrogen-bond donors (Lipinski definition) is 1. The zero-order chi connectivity index (χ0) is 20.7. The number of ether oxygens (including phenoxy) is 3. The van der Waals surface area contributed by atoms with Crippen molar-refractivity contribution in [1.29, 1.82) is 0 Å². The predicted octanol–water partition coefficient (Wildman–Crippen LogP) is 2.70. The molecule has 148 valence electrons. The van der Waals surface area contributed by atoms with Gasteiger partial charge in [-0.1, -0.05) is 6.07 Å². The quantitative estimate of drug-likeness (QED) is 0.423. The molecule has 0 heterocycles. The van der Waals surface area contributed by atoms with Crippen LogP contribution in [0.2, 0.25) is 0 Å². The van der Waals surface area contributed by atoms with Crippen LogP contribution < -0.4 is 19.6 Å². The summed E-state index contributed by atoms with van der Waals surface area (Å²) in [5.74, 6) is 0.910. The summed E-state index contributed by atoms with van der Waals surface area (Å²) in [6, 6.07) is 9.64. The molecule has 0 saturated carbocycles. The van der Waals surface area contributed by atoms with Gasteiger partial charge in [0.2, 0.25) is 5.91 Å². The molecule has 0 saturated heterocycles. The third-order valence-corrected chi connectivity index (χ3v) is 3.95. The van der Waals surface area contributed by atoms with Gasteiger partial charge in [0, 0.05) is 11.6 Å². The van der Waals surface area contributed by atoms with E-state index in [0.717, 1.165) is 5.56 Å². The summed E-state index contributed by atoms with van der Waals surface area (Å²) in [6.45, 7) is 1.64. The molecular weight excluding hydrogens is 366 g/mol. The summed E-state index contributed by atoms with van der Waals surface area (Å²) in [5, 5.41) is 15.1. The second-order valence-electron chi connectivity index (χ2n) is 5.74. The van der Waals surface area contributed by atoms with E-state index in [1.807, 2.05) is 0 Å². The van der Waals surface area contributed by atoms with Gasteiger partial charge in [0.25, 0.3) is 0 Å². The molecule has 1 amide bonds. The molecule has 0 radical (unpaired) electrons. The molecule has 9 nitrogen and oxygen atoms in total. The lowest BCUT2D eigenvalue weighted by atomic mass is 10.1. The Balaban J connectivity index is 2.09. The van der Waals surface area contributed by atoms with Crippen LogP contribution in [0.3, 0.4) is 0 Å². The number of rotatable bonds is 8. The first-order valence-electron chi connectivity index (χ1n) is 8.26. The van der Waals surface area contributed by atoms with Crippen molar-refractivity contribution in [2.45, 2.75) is 13.3 Å². The minimum absolute atomic E-state index is 0.0832. The smallest absolute Gasteiger partial charge is 0.311 e. The van der Waals surface area contributed by atoms with Gasteiger partial charge in [0.05, 0.1) is 38.4 Å². The summed E-state index contributed by atoms with van der Waals surface area (Å²) < 4.78 is 15.3. The van der Waals surface area contributed by atoms with E-state index in [1.54, 1.807) is 31.2 Å². The number of carbonyl (C=O) groups is 1. The van der Waals surface area contributed by atoms with Crippen LogP contribution in [-0.2, 0) is 11.2 Å². The van der Waals surface area contributed by atoms with Gasteiger partial charge in [-0.3, -0.25) is 14.9 Å². The number of amides is 1. The highest BCUT2D eigenvalue weighted by molar-refractivity contribution is 6.00. The fourth-order valence-electron chi connectivity index (χ4n) is 2.48. The largest absolute Gasteiger partial charge is 0.493 e. The zero-order valence-electron chi connectivity index (χ0n) is 16.0. The molecule has 0 bridgehead atoms. The first-order chi connectivity index (χ1) is 13.4. The number of benzene rings is 2. The Kier molecular flexibility index (Phi) is 6.91. The second kappa shape index (κ2) is 9.36. The summed E-state index contributed by atoms with van der Waals surface area (Å²) in [5.41, 5.74) is 3.92. The fraction of sp³-hybridized carbons (Fsp3) is 0.263. The van der Waals surface area contributed by atoms with Gasteiger partial charge in [-0.05, 0) is 36.8 Å². The van der Waals surface area contributed by atoms with Gasteiger partial charge < -0.3 is 14.2 Å². The van der Waals surface area contributed by atoms with Crippen LogP contribution >= 0.6 is 0 Å². The Labute approximate surface area is 162 Å². The topological polar surface area (TPSA) is 112 Å². The number of nitrogens with zero attached hydrogens (tertiary/aromatic N) is 2. The lowest BCUT2D eigenvalue weighted by Crippen LogP contribution is -2.21. The van der Waals surface area contributed by atoms with Crippen molar-refractivity contribution < 1.29 is 23.9 Å². The summed E-state index contributed by atoms with van der Waals surface area (Å²) in [4.78, 5) is 22.7. The van der Waals surface area contributed by atoms with Crippen LogP contribution in [0, 0.1) is 10.1 Å². The Bertz CT molecular complexity index is 911. The molecule has 0 aliphatic rings. The first-order valence-corrected chi connectivity index (χ1v) is 8.26. The van der Waals surface area contributed by atoms with Crippen LogP contribution in [-0.4, -0.2) is 37.9 Å². The monoisotopic (exact) mass is 387 g/mol. The van der Waals surface area contributed by atoms with Crippen molar-refractivity contribution in [3.8, 4) is 17.2 Å². The van der Waals surface area contributed by atoms with Crippen molar-refractivity contribution in [1.82, 2.24) is 5.43 Å². The molecule has 0 fully saturated rings. The van der Waals surface area contributed by atoms with Crippen LogP contribution in [0.4, 0.5) is 5.69 Å². The number of methoxy groups -OCH3 is 3. The van der Waals surface area contributed by atoms with E-state index in [2.05, 4.69) is 10.5 Å². The number of nitro benzene ring substituents is 1. The molecule has 0 spiro atoms. The summed E-state index contributed by atoms with van der Waals surface area (Å²) in [7, 11) is 4.41. The second-order valence-corrected chi connectivity index (χ2v) is 5.74. The summed E-state index contributed by atoms with van der Waals surface area (Å²) >= 11 is 0. The molecule has 0 atom stereocenters. The van der Waals surface area contributed by atoms with E-state index < -0.39 is 4.92 Å². The Morgan fingerprint density at radius 3 is 2.29 bits per heavy atom. The van der Waals surface area contributed by atoms with E-state index in [0.29, 0.717) is 22.8 Å². The van der Waals surface area contributed by atoms with Gasteiger partial charge in [-0.2, -0.15) is 5.10 Å². The predicted molar refractivity (Wildman–Crippen MR) is 103 cm³/mol. The van der Waals surface area contributed by atoms with Crippen LogP contribution in [0.25, 0.3) is 0 Å². The van der Waals surface area contributed by atoms with E-state index in [4.69, 9.17) is 14.2 Å². The molecule has 28 heavy (non-hydrogen) atoms. The van der Waals surface area contributed by atoms with Gasteiger partial charge in [-0.25, -0.2) is 5.43 Å². The van der Waals surface area contributed by atoms with E-state index in [1.165, 1.54) is 33.5 Å². The van der Waals surface area contributed by atoms with Crippen molar-refractivity contribution in [3.63, 3.8) is 0 Å². The van der Waals surface area contributed by atoms with Crippen molar-refractivity contribution in [3.05, 3.63) is 57.6 Å². The van der Waals surface area contributed by atoms with E-state index in [-0.39, 0.29) is 23.8 Å². The van der Waals surface area contributed by atoms with Gasteiger partial charge >= 0.3 is 5.69 Å². The molecule has 2 aromatic rings. The maximum Gasteiger partial charge on any atom is 0.311 e. The highest BCUT2D eigenvalue weighted by Crippen LogP contribution is 2.28. The third-order valence-electron chi connectivity index (χ3n) is 3.95. The lowest BCUT2D eigenvalue weighted by Gasteiger charge is -2.09. The molecule has 0 unspecified atom stereocenters. The Morgan fingerprint density at radius 2 is 1.68 bits per heavy atom. The molecule has 9 heteroatoms. The van der Waals surface area contributed by atoms with E-state index in [9.17, 15) is 14.9 Å². The first kappa shape index (κ1) is 20.7. The normalized spacial score (nSPS) is 10.9. The minimum Gasteiger partial charge on any atom is -0.493 e. The number of hydrogen-bond acceptors (Lipinski definition) is 7. The molecule has 2 aromatic carbocycles. The van der Waals surface area contributed by atoms with Crippen LogP contribution in [0.15, 0.2) is 41.5 Å². The number of nitrogens with one attached hydrogen (secondary N) is 1. The number of carbonyl (C=O) groups excluding carboxylic acids is 1. The van der Waals surface area contributed by atoms with E-state index >= 15 is 0 Å². The Morgan fingerprint density at radius 1 is 1.04 bits per heavy atom. The van der Waals surface area contributed by atoms with Crippen LogP contribution in [0.1, 0.15) is 18.1 Å². The molecule has 1 N–H and O–H groups in total. The van der Waals surface area contributed by atoms with Crippen molar-refractivity contribution in [2.75, 3.05) is 21.3 Å². The van der Waals surface area contributed by atoms with Crippen molar-refractivity contribution in [2.24, 2.45) is 5.10 Å². The highest BCUT2D eigenvalue weighted by Gasteiger charge is 2.16. The van der Waals surface area contributed by atoms with Gasteiger partial charge in [0.15, 0.2) is 17.2 Å². The molecular formula is C19H21N3O6. The molecule has 2 rings (SSSR count). The lowest BCUT2D eigenvalue weighted by molar-refractivity contribution is -0.385. The maximum absolute atomic E-state index is 12.2. The minimum atomic E-state index is -0.536. The SMILES string of the molecule is COc1ccc(CC(=O)N/N=C(/C)c2ccc(OC)c([N+](=O)[O-])c2)cc1OC. The fourth-order valence-corrected chi connectivity index (χ4v) is 2.48. The average molecular weight is 387 g/mol. The standard InChI is InChI=1S/C19H21N3O6/c1-12(14-6-8-16(26-2)15(11-14)22(24)25)20-21-19(23)10-13-5-7-17(27-3)18(9-13)28-4/h5-9,11H,10H2,1-4H3,(H,21,23)/b20-12-. The molecule has 0 aliphatic heterocycles. The zero-order valence-corrected chi connectivity index (χ0v) is 16.0. The Hall–Kier alpha value is -3.62. The van der Waals surface area contributed by atoms with Crippen LogP contribution in [0.5, 0.6) is 17.2 Å². The number of nitro groups is 1. The highest BCUT2D eigenvalue weighted by atomic mass is 16.6.